The molecule has 3 N–H and O–H groups in total. The van der Waals surface area contributed by atoms with Crippen LogP contribution < -0.4 is 5.73 Å². The molecule has 0 rings (SSSR count). The van der Waals surface area contributed by atoms with Crippen molar-refractivity contribution in [2.75, 3.05) is 7.11 Å². The number of nitrogens with two attached hydrogens (primary N) is 1. The number of hydrogen-bond donors (Lipinski definition) is 2. The van der Waals surface area contributed by atoms with Crippen molar-refractivity contribution in [2.24, 2.45) is 5.73 Å². The van der Waals surface area contributed by atoms with Crippen molar-refractivity contribution < 1.29 is 18.8 Å². The van der Waals surface area contributed by atoms with Crippen LogP contribution in [0.2, 0.25) is 0 Å². The zero-order valence-electron chi connectivity index (χ0n) is 12.1. The standard InChI is InChI=1S/C13H28NO4P/c1-3-4-5-6-7-8-9-10-11-12(13(14)15)19(16,17)18-2/h12H,3-11H2,1-2H3,(H2,14,15)(H,16,17). The molecule has 0 aromatic heterocycles. The molecule has 0 aliphatic carbocycles. The maximum Gasteiger partial charge on any atom is 0.340 e. The Labute approximate surface area is 116 Å². The third-order valence-electron chi connectivity index (χ3n) is 3.31. The molecule has 0 bridgehead atoms. The topological polar surface area (TPSA) is 89.6 Å². The molecule has 0 aliphatic rings. The Balaban J connectivity index is 3.78. The molecule has 0 saturated heterocycles. The van der Waals surface area contributed by atoms with Crippen LogP contribution in [0.25, 0.3) is 0 Å². The average Bonchev–Trinajstić information content (AvgIpc) is 2.36. The number of carbonyl (C=O) groups is 1. The molecule has 0 aromatic carbocycles. The van der Waals surface area contributed by atoms with Gasteiger partial charge in [0, 0.05) is 7.11 Å². The highest BCUT2D eigenvalue weighted by Crippen LogP contribution is 2.48. The minimum atomic E-state index is -3.88. The van der Waals surface area contributed by atoms with Crippen molar-refractivity contribution in [3.63, 3.8) is 0 Å². The van der Waals surface area contributed by atoms with E-state index in [-0.39, 0.29) is 0 Å². The van der Waals surface area contributed by atoms with Gasteiger partial charge in [-0.15, -0.1) is 0 Å². The van der Waals surface area contributed by atoms with E-state index in [2.05, 4.69) is 11.4 Å². The van der Waals surface area contributed by atoms with Gasteiger partial charge in [-0.2, -0.15) is 0 Å². The molecule has 1 amide bonds. The summed E-state index contributed by atoms with van der Waals surface area (Å²) in [6.45, 7) is 2.19. The van der Waals surface area contributed by atoms with Gasteiger partial charge in [0.1, 0.15) is 5.66 Å². The molecule has 2 atom stereocenters. The first kappa shape index (κ1) is 18.6. The van der Waals surface area contributed by atoms with Crippen LogP contribution in [0.4, 0.5) is 0 Å². The number of unbranched alkanes of at least 4 members (excludes halogenated alkanes) is 7. The van der Waals surface area contributed by atoms with E-state index in [0.717, 1.165) is 26.4 Å². The molecular formula is C13H28NO4P. The zero-order valence-corrected chi connectivity index (χ0v) is 13.0. The minimum Gasteiger partial charge on any atom is -0.369 e. The summed E-state index contributed by atoms with van der Waals surface area (Å²) in [6, 6.07) is 0. The molecule has 2 unspecified atom stereocenters. The van der Waals surface area contributed by atoms with Crippen LogP contribution in [0.1, 0.15) is 64.7 Å². The Kier molecular flexibility index (Phi) is 10.2. The molecule has 0 fully saturated rings. The SMILES string of the molecule is CCCCCCCCCCC(C(N)=O)P(=O)(O)OC. The molecule has 0 spiro atoms. The number of primary amides is 1. The Morgan fingerprint density at radius 1 is 1.16 bits per heavy atom. The van der Waals surface area contributed by atoms with Gasteiger partial charge in [0.2, 0.25) is 5.91 Å². The lowest BCUT2D eigenvalue weighted by Gasteiger charge is -2.17. The van der Waals surface area contributed by atoms with Crippen molar-refractivity contribution in [3.05, 3.63) is 0 Å². The highest BCUT2D eigenvalue weighted by atomic mass is 31.2. The normalized spacial score (nSPS) is 15.9. The predicted octanol–water partition coefficient (Wildman–Crippen LogP) is 3.20. The zero-order chi connectivity index (χ0) is 14.7. The summed E-state index contributed by atoms with van der Waals surface area (Å²) in [4.78, 5) is 20.6. The average molecular weight is 293 g/mol. The maximum absolute atomic E-state index is 11.6. The second kappa shape index (κ2) is 10.4. The molecule has 5 nitrogen and oxygen atoms in total. The van der Waals surface area contributed by atoms with Gasteiger partial charge in [0.15, 0.2) is 0 Å². The van der Waals surface area contributed by atoms with Gasteiger partial charge in [0.25, 0.3) is 0 Å². The van der Waals surface area contributed by atoms with Gasteiger partial charge in [-0.1, -0.05) is 58.3 Å². The lowest BCUT2D eigenvalue weighted by molar-refractivity contribution is -0.118. The first-order valence-corrected chi connectivity index (χ1v) is 8.78. The monoisotopic (exact) mass is 293 g/mol. The number of hydrogen-bond acceptors (Lipinski definition) is 3. The van der Waals surface area contributed by atoms with E-state index in [1.54, 1.807) is 0 Å². The van der Waals surface area contributed by atoms with E-state index >= 15 is 0 Å². The van der Waals surface area contributed by atoms with Crippen molar-refractivity contribution in [3.8, 4) is 0 Å². The summed E-state index contributed by atoms with van der Waals surface area (Å²) in [7, 11) is -2.76. The van der Waals surface area contributed by atoms with Crippen LogP contribution in [-0.2, 0) is 13.9 Å². The van der Waals surface area contributed by atoms with Crippen LogP contribution in [0.15, 0.2) is 0 Å². The molecule has 19 heavy (non-hydrogen) atoms. The third-order valence-corrected chi connectivity index (χ3v) is 5.14. The van der Waals surface area contributed by atoms with Crippen LogP contribution in [0, 0.1) is 0 Å². The fraction of sp³-hybridized carbons (Fsp3) is 0.923. The number of amides is 1. The second-order valence-corrected chi connectivity index (χ2v) is 7.05. The summed E-state index contributed by atoms with van der Waals surface area (Å²) in [5, 5.41) is 0. The van der Waals surface area contributed by atoms with Crippen LogP contribution in [0.5, 0.6) is 0 Å². The molecule has 114 valence electrons. The van der Waals surface area contributed by atoms with Gasteiger partial charge in [-0.25, -0.2) is 0 Å². The van der Waals surface area contributed by atoms with Gasteiger partial charge < -0.3 is 15.2 Å². The van der Waals surface area contributed by atoms with E-state index in [1.165, 1.54) is 32.1 Å². The summed E-state index contributed by atoms with van der Waals surface area (Å²) >= 11 is 0. The van der Waals surface area contributed by atoms with Crippen molar-refractivity contribution >= 4 is 13.5 Å². The van der Waals surface area contributed by atoms with Crippen molar-refractivity contribution in [1.82, 2.24) is 0 Å². The first-order valence-electron chi connectivity index (χ1n) is 7.13. The van der Waals surface area contributed by atoms with Gasteiger partial charge in [0.05, 0.1) is 0 Å². The summed E-state index contributed by atoms with van der Waals surface area (Å²) in [5.41, 5.74) is 4.07. The third kappa shape index (κ3) is 8.40. The Bertz CT molecular complexity index is 296. The molecule has 0 aliphatic heterocycles. The predicted molar refractivity (Wildman–Crippen MR) is 77.0 cm³/mol. The Hall–Kier alpha value is -0.380. The summed E-state index contributed by atoms with van der Waals surface area (Å²) < 4.78 is 16.1. The summed E-state index contributed by atoms with van der Waals surface area (Å²) in [5.74, 6) is -0.754. The Morgan fingerprint density at radius 3 is 2.05 bits per heavy atom. The quantitative estimate of drug-likeness (QED) is 0.427. The largest absolute Gasteiger partial charge is 0.369 e. The van der Waals surface area contributed by atoms with Crippen LogP contribution in [0.3, 0.4) is 0 Å². The summed E-state index contributed by atoms with van der Waals surface area (Å²) in [6.07, 6.45) is 9.33. The molecular weight excluding hydrogens is 265 g/mol. The van der Waals surface area contributed by atoms with Crippen molar-refractivity contribution in [1.29, 1.82) is 0 Å². The highest BCUT2D eigenvalue weighted by molar-refractivity contribution is 7.54. The van der Waals surface area contributed by atoms with Gasteiger partial charge >= 0.3 is 7.60 Å². The van der Waals surface area contributed by atoms with Gasteiger partial charge in [-0.3, -0.25) is 9.36 Å². The molecule has 6 heteroatoms. The van der Waals surface area contributed by atoms with Crippen LogP contribution in [-0.4, -0.2) is 23.6 Å². The van der Waals surface area contributed by atoms with Gasteiger partial charge in [-0.05, 0) is 6.42 Å². The molecule has 0 aromatic rings. The van der Waals surface area contributed by atoms with E-state index in [4.69, 9.17) is 5.73 Å². The molecule has 0 radical (unpaired) electrons. The van der Waals surface area contributed by atoms with E-state index in [0.29, 0.717) is 6.42 Å². The second-order valence-electron chi connectivity index (χ2n) is 4.93. The van der Waals surface area contributed by atoms with E-state index in [9.17, 15) is 14.3 Å². The van der Waals surface area contributed by atoms with Crippen molar-refractivity contribution in [2.45, 2.75) is 70.4 Å². The van der Waals surface area contributed by atoms with E-state index in [1.807, 2.05) is 0 Å². The van der Waals surface area contributed by atoms with Crippen LogP contribution >= 0.6 is 7.60 Å². The molecule has 0 heterocycles. The Morgan fingerprint density at radius 2 is 1.63 bits per heavy atom. The fourth-order valence-corrected chi connectivity index (χ4v) is 3.15. The first-order chi connectivity index (χ1) is 8.95. The van der Waals surface area contributed by atoms with E-state index < -0.39 is 19.2 Å². The smallest absolute Gasteiger partial charge is 0.340 e. The number of carbonyl (C=O) groups excluding carboxylic acids is 1. The fourth-order valence-electron chi connectivity index (χ4n) is 2.07. The molecule has 0 saturated carbocycles. The highest BCUT2D eigenvalue weighted by Gasteiger charge is 2.35. The number of rotatable bonds is 12. The minimum absolute atomic E-state index is 0.325. The lowest BCUT2D eigenvalue weighted by atomic mass is 10.1. The lowest BCUT2D eigenvalue weighted by Crippen LogP contribution is -2.29. The maximum atomic E-state index is 11.6.